The number of benzene rings is 2. The van der Waals surface area contributed by atoms with Crippen LogP contribution in [0.25, 0.3) is 5.69 Å². The van der Waals surface area contributed by atoms with Crippen molar-refractivity contribution in [3.05, 3.63) is 63.1 Å². The van der Waals surface area contributed by atoms with Gasteiger partial charge in [0.15, 0.2) is 0 Å². The fourth-order valence-electron chi connectivity index (χ4n) is 3.49. The Balaban J connectivity index is 1.64. The molecule has 1 saturated carbocycles. The second kappa shape index (κ2) is 9.89. The van der Waals surface area contributed by atoms with Crippen LogP contribution in [-0.2, 0) is 5.67 Å². The third kappa shape index (κ3) is 5.47. The molecular weight excluding hydrogens is 643 g/mol. The van der Waals surface area contributed by atoms with E-state index in [4.69, 9.17) is 0 Å². The summed E-state index contributed by atoms with van der Waals surface area (Å²) in [4.78, 5) is 16.9. The first-order valence-corrected chi connectivity index (χ1v) is 12.2. The lowest BCUT2D eigenvalue weighted by Gasteiger charge is -2.31. The van der Waals surface area contributed by atoms with E-state index in [1.807, 2.05) is 0 Å². The van der Waals surface area contributed by atoms with Gasteiger partial charge < -0.3 is 10.6 Å². The highest BCUT2D eigenvalue weighted by Gasteiger charge is 2.73. The number of aromatic nitrogens is 3. The largest absolute Gasteiger partial charge is 0.435 e. The number of halogens is 9. The maximum Gasteiger partial charge on any atom is 0.435 e. The highest BCUT2D eigenvalue weighted by atomic mass is 79.9. The quantitative estimate of drug-likeness (QED) is 0.265. The fourth-order valence-corrected chi connectivity index (χ4v) is 4.88. The monoisotopic (exact) mass is 657 g/mol. The predicted octanol–water partition coefficient (Wildman–Crippen LogP) is 7.16. The summed E-state index contributed by atoms with van der Waals surface area (Å²) < 4.78 is 94.1. The lowest BCUT2D eigenvalue weighted by Crippen LogP contribution is -2.50. The molecule has 3 aromatic rings. The molecule has 4 rings (SSSR count). The molecule has 1 fully saturated rings. The zero-order chi connectivity index (χ0) is 27.2. The number of carbonyl (C=O) groups excluding carboxylic acids is 1. The molecule has 0 aliphatic heterocycles. The summed E-state index contributed by atoms with van der Waals surface area (Å²) in [7, 11) is 0. The van der Waals surface area contributed by atoms with Crippen molar-refractivity contribution < 1.29 is 35.5 Å². The molecule has 0 bridgehead atoms. The molecule has 1 aromatic heterocycles. The van der Waals surface area contributed by atoms with E-state index in [0.717, 1.165) is 12.8 Å². The van der Waals surface area contributed by atoms with E-state index in [0.29, 0.717) is 36.0 Å². The summed E-state index contributed by atoms with van der Waals surface area (Å²) >= 11 is 5.70. The molecule has 2 aromatic carbocycles. The van der Waals surface area contributed by atoms with Crippen LogP contribution in [0.5, 0.6) is 0 Å². The molecular formula is C22H16Br2F7N5O. The summed E-state index contributed by atoms with van der Waals surface area (Å²) in [6.07, 6.45) is -7.58. The van der Waals surface area contributed by atoms with Crippen LogP contribution in [0.3, 0.4) is 0 Å². The zero-order valence-corrected chi connectivity index (χ0v) is 21.6. The van der Waals surface area contributed by atoms with Gasteiger partial charge >= 0.3 is 18.0 Å². The van der Waals surface area contributed by atoms with Gasteiger partial charge in [-0.1, -0.05) is 0 Å². The van der Waals surface area contributed by atoms with Gasteiger partial charge in [0.05, 0.1) is 17.1 Å². The Bertz CT molecular complexity index is 1270. The topological polar surface area (TPSA) is 71.8 Å². The molecule has 198 valence electrons. The molecule has 0 unspecified atom stereocenters. The van der Waals surface area contributed by atoms with Gasteiger partial charge in [-0.05, 0) is 81.0 Å². The SMILES string of the molecule is O=C(Nc1c(Br)cc(C(F)(C(F)(F)F)C(F)(F)F)cc1Br)c1ccc(-n2cncn2)c(NCC2CC2)c1. The van der Waals surface area contributed by atoms with Gasteiger partial charge in [0, 0.05) is 26.6 Å². The van der Waals surface area contributed by atoms with E-state index in [1.54, 1.807) is 6.07 Å². The normalized spacial score (nSPS) is 14.5. The molecule has 15 heteroatoms. The van der Waals surface area contributed by atoms with E-state index in [-0.39, 0.29) is 11.3 Å². The molecule has 0 radical (unpaired) electrons. The number of hydrogen-bond acceptors (Lipinski definition) is 4. The summed E-state index contributed by atoms with van der Waals surface area (Å²) in [6, 6.07) is 5.27. The third-order valence-corrected chi connectivity index (χ3v) is 6.91. The second-order valence-corrected chi connectivity index (χ2v) is 10.0. The second-order valence-electron chi connectivity index (χ2n) is 8.32. The first-order chi connectivity index (χ1) is 17.2. The van der Waals surface area contributed by atoms with Crippen molar-refractivity contribution in [2.75, 3.05) is 17.2 Å². The Morgan fingerprint density at radius 2 is 1.62 bits per heavy atom. The fraction of sp³-hybridized carbons (Fsp3) is 0.318. The molecule has 2 N–H and O–H groups in total. The van der Waals surface area contributed by atoms with Crippen LogP contribution >= 0.6 is 31.9 Å². The summed E-state index contributed by atoms with van der Waals surface area (Å²) in [6.45, 7) is 0.661. The average Bonchev–Trinajstić information content (AvgIpc) is 3.48. The van der Waals surface area contributed by atoms with Gasteiger partial charge in [-0.25, -0.2) is 14.1 Å². The number of anilines is 2. The van der Waals surface area contributed by atoms with Gasteiger partial charge in [-0.3, -0.25) is 4.79 Å². The minimum absolute atomic E-state index is 0.135. The van der Waals surface area contributed by atoms with Gasteiger partial charge in [-0.2, -0.15) is 31.4 Å². The van der Waals surface area contributed by atoms with Crippen molar-refractivity contribution in [2.45, 2.75) is 30.9 Å². The van der Waals surface area contributed by atoms with Crippen LogP contribution < -0.4 is 10.6 Å². The summed E-state index contributed by atoms with van der Waals surface area (Å²) in [5.74, 6) is -0.213. The lowest BCUT2D eigenvalue weighted by atomic mass is 9.94. The Labute approximate surface area is 221 Å². The van der Waals surface area contributed by atoms with Crippen molar-refractivity contribution in [3.63, 3.8) is 0 Å². The first kappa shape index (κ1) is 27.4. The standard InChI is InChI=1S/C22H16Br2F7N5O/c23-14-6-13(20(25,21(26,27)28)22(29,30)31)7-15(24)18(14)35-19(37)12-3-4-17(36-10-32-9-34-36)16(5-12)33-8-11-1-2-11/h3-7,9-11,33H,1-2,8H2,(H,35,37). The van der Waals surface area contributed by atoms with E-state index in [2.05, 4.69) is 52.6 Å². The minimum atomic E-state index is -6.27. The number of rotatable bonds is 7. The van der Waals surface area contributed by atoms with Gasteiger partial charge in [0.2, 0.25) is 0 Å². The molecule has 1 aliphatic carbocycles. The number of hydrogen-bond donors (Lipinski definition) is 2. The summed E-state index contributed by atoms with van der Waals surface area (Å²) in [5.41, 5.74) is -6.19. The van der Waals surface area contributed by atoms with E-state index < -0.39 is 38.4 Å². The van der Waals surface area contributed by atoms with Crippen molar-refractivity contribution in [1.29, 1.82) is 0 Å². The van der Waals surface area contributed by atoms with Crippen LogP contribution in [0.4, 0.5) is 42.1 Å². The highest BCUT2D eigenvalue weighted by molar-refractivity contribution is 9.11. The molecule has 1 amide bonds. The van der Waals surface area contributed by atoms with Gasteiger partial charge in [0.25, 0.3) is 5.91 Å². The molecule has 1 heterocycles. The smallest absolute Gasteiger partial charge is 0.383 e. The maximum absolute atomic E-state index is 14.5. The Morgan fingerprint density at radius 1 is 1.00 bits per heavy atom. The predicted molar refractivity (Wildman–Crippen MR) is 127 cm³/mol. The summed E-state index contributed by atoms with van der Waals surface area (Å²) in [5, 5.41) is 9.76. The average molecular weight is 659 g/mol. The van der Waals surface area contributed by atoms with Gasteiger partial charge in [0.1, 0.15) is 12.7 Å². The Hall–Kier alpha value is -2.68. The molecule has 0 spiro atoms. The molecule has 37 heavy (non-hydrogen) atoms. The van der Waals surface area contributed by atoms with Crippen molar-refractivity contribution >= 4 is 49.1 Å². The van der Waals surface area contributed by atoms with Crippen LogP contribution in [0.15, 0.2) is 51.9 Å². The Morgan fingerprint density at radius 3 is 2.14 bits per heavy atom. The van der Waals surface area contributed by atoms with E-state index in [9.17, 15) is 35.5 Å². The van der Waals surface area contributed by atoms with E-state index in [1.165, 1.54) is 29.5 Å². The molecule has 0 atom stereocenters. The van der Waals surface area contributed by atoms with Crippen molar-refractivity contribution in [2.24, 2.45) is 5.92 Å². The third-order valence-electron chi connectivity index (χ3n) is 5.66. The lowest BCUT2D eigenvalue weighted by molar-refractivity contribution is -0.348. The minimum Gasteiger partial charge on any atom is -0.383 e. The van der Waals surface area contributed by atoms with E-state index >= 15 is 0 Å². The zero-order valence-electron chi connectivity index (χ0n) is 18.4. The highest BCUT2D eigenvalue weighted by Crippen LogP contribution is 2.54. The number of amides is 1. The number of alkyl halides is 7. The van der Waals surface area contributed by atoms with Crippen LogP contribution in [0.1, 0.15) is 28.8 Å². The number of nitrogens with one attached hydrogen (secondary N) is 2. The number of nitrogens with zero attached hydrogens (tertiary/aromatic N) is 3. The van der Waals surface area contributed by atoms with Crippen molar-refractivity contribution in [1.82, 2.24) is 14.8 Å². The number of carbonyl (C=O) groups is 1. The van der Waals surface area contributed by atoms with Crippen molar-refractivity contribution in [3.8, 4) is 5.69 Å². The first-order valence-electron chi connectivity index (χ1n) is 10.6. The maximum atomic E-state index is 14.5. The van der Waals surface area contributed by atoms with Crippen LogP contribution in [0.2, 0.25) is 0 Å². The molecule has 1 aliphatic rings. The van der Waals surface area contributed by atoms with Crippen LogP contribution in [-0.4, -0.2) is 39.6 Å². The molecule has 0 saturated heterocycles. The Kier molecular flexibility index (Phi) is 7.31. The van der Waals surface area contributed by atoms with Crippen LogP contribution in [0, 0.1) is 5.92 Å². The van der Waals surface area contributed by atoms with Gasteiger partial charge in [-0.15, -0.1) is 0 Å². The molecule has 6 nitrogen and oxygen atoms in total.